The predicted octanol–water partition coefficient (Wildman–Crippen LogP) is -0.284. The third kappa shape index (κ3) is 1.18. The fourth-order valence-corrected chi connectivity index (χ4v) is 1.10. The van der Waals surface area contributed by atoms with Crippen LogP contribution in [-0.2, 0) is 24.5 Å². The summed E-state index contributed by atoms with van der Waals surface area (Å²) in [6.45, 7) is 1.56. The minimum Gasteiger partial charge on any atom is -0.370 e. The van der Waals surface area contributed by atoms with Crippen LogP contribution in [0.5, 0.6) is 0 Å². The standard InChI is InChI=1S/C4H4O4S/c1-3-4(2-5)8-9(6)7-3/h3H,1H3. The fourth-order valence-electron chi connectivity index (χ4n) is 0.422. The van der Waals surface area contributed by atoms with E-state index in [1.54, 1.807) is 6.92 Å². The quantitative estimate of drug-likeness (QED) is 0.443. The highest BCUT2D eigenvalue weighted by molar-refractivity contribution is 7.75. The van der Waals surface area contributed by atoms with Gasteiger partial charge in [-0.25, -0.2) is 8.98 Å². The molecule has 50 valence electrons. The van der Waals surface area contributed by atoms with Gasteiger partial charge in [0.1, 0.15) is 6.10 Å². The molecule has 0 aromatic carbocycles. The Labute approximate surface area is 54.3 Å². The molecule has 1 saturated heterocycles. The van der Waals surface area contributed by atoms with E-state index in [9.17, 15) is 9.00 Å². The molecular weight excluding hydrogens is 144 g/mol. The zero-order valence-corrected chi connectivity index (χ0v) is 5.44. The molecule has 1 aliphatic rings. The van der Waals surface area contributed by atoms with Crippen LogP contribution in [-0.4, -0.2) is 16.3 Å². The zero-order valence-electron chi connectivity index (χ0n) is 4.62. The van der Waals surface area contributed by atoms with E-state index in [4.69, 9.17) is 0 Å². The Bertz CT molecular complexity index is 193. The molecule has 5 heteroatoms. The second kappa shape index (κ2) is 2.31. The van der Waals surface area contributed by atoms with Crippen LogP contribution < -0.4 is 0 Å². The van der Waals surface area contributed by atoms with E-state index in [2.05, 4.69) is 8.37 Å². The largest absolute Gasteiger partial charge is 0.370 e. The Kier molecular flexibility index (Phi) is 1.66. The van der Waals surface area contributed by atoms with Gasteiger partial charge in [-0.1, -0.05) is 0 Å². The van der Waals surface area contributed by atoms with Crippen molar-refractivity contribution in [2.75, 3.05) is 0 Å². The van der Waals surface area contributed by atoms with Gasteiger partial charge < -0.3 is 4.18 Å². The van der Waals surface area contributed by atoms with Crippen molar-refractivity contribution in [3.8, 4) is 0 Å². The lowest BCUT2D eigenvalue weighted by molar-refractivity contribution is 0.306. The van der Waals surface area contributed by atoms with Crippen LogP contribution in [0.25, 0.3) is 0 Å². The minimum atomic E-state index is -1.78. The summed E-state index contributed by atoms with van der Waals surface area (Å²) in [6.07, 6.45) is -0.525. The lowest BCUT2D eigenvalue weighted by Gasteiger charge is -1.88. The molecule has 1 rings (SSSR count). The third-order valence-corrected chi connectivity index (χ3v) is 1.61. The molecule has 1 fully saturated rings. The first kappa shape index (κ1) is 6.48. The normalized spacial score (nSPS) is 33.7. The molecule has 0 bridgehead atoms. The Morgan fingerprint density at radius 1 is 1.78 bits per heavy atom. The highest BCUT2D eigenvalue weighted by atomic mass is 32.2. The van der Waals surface area contributed by atoms with Gasteiger partial charge in [-0.05, 0) is 6.92 Å². The summed E-state index contributed by atoms with van der Waals surface area (Å²) < 4.78 is 19.2. The highest BCUT2D eigenvalue weighted by Crippen LogP contribution is 2.17. The minimum absolute atomic E-state index is 0.0340. The Balaban J connectivity index is 2.81. The van der Waals surface area contributed by atoms with E-state index in [1.165, 1.54) is 5.94 Å². The number of carbonyl (C=O) groups excluding carboxylic acids is 1. The highest BCUT2D eigenvalue weighted by Gasteiger charge is 2.26. The molecule has 0 spiro atoms. The fraction of sp³-hybridized carbons (Fsp3) is 0.500. The number of hydrogen-bond acceptors (Lipinski definition) is 4. The molecule has 0 radical (unpaired) electrons. The van der Waals surface area contributed by atoms with Crippen LogP contribution in [0, 0.1) is 0 Å². The average Bonchev–Trinajstić information content (AvgIpc) is 2.10. The van der Waals surface area contributed by atoms with Crippen molar-refractivity contribution < 1.29 is 17.4 Å². The lowest BCUT2D eigenvalue weighted by Crippen LogP contribution is -2.00. The second-order valence-corrected chi connectivity index (χ2v) is 2.26. The van der Waals surface area contributed by atoms with Crippen molar-refractivity contribution in [3.05, 3.63) is 5.76 Å². The van der Waals surface area contributed by atoms with E-state index in [-0.39, 0.29) is 5.76 Å². The number of hydrogen-bond donors (Lipinski definition) is 0. The first-order valence-corrected chi connectivity index (χ1v) is 3.26. The molecule has 0 N–H and O–H groups in total. The van der Waals surface area contributed by atoms with Crippen molar-refractivity contribution in [1.82, 2.24) is 0 Å². The smallest absolute Gasteiger partial charge is 0.361 e. The summed E-state index contributed by atoms with van der Waals surface area (Å²) in [5, 5.41) is 0. The molecular formula is C4H4O4S. The van der Waals surface area contributed by atoms with Gasteiger partial charge in [0.05, 0.1) is 0 Å². The predicted molar refractivity (Wildman–Crippen MR) is 29.0 cm³/mol. The Hall–Kier alpha value is -0.640. The van der Waals surface area contributed by atoms with Gasteiger partial charge >= 0.3 is 11.4 Å². The molecule has 9 heavy (non-hydrogen) atoms. The summed E-state index contributed by atoms with van der Waals surface area (Å²) in [7, 11) is 0. The van der Waals surface area contributed by atoms with Gasteiger partial charge in [0.25, 0.3) is 0 Å². The van der Waals surface area contributed by atoms with Gasteiger partial charge in [-0.15, -0.1) is 0 Å². The molecule has 0 amide bonds. The van der Waals surface area contributed by atoms with Crippen molar-refractivity contribution in [1.29, 1.82) is 0 Å². The van der Waals surface area contributed by atoms with Crippen LogP contribution in [0.2, 0.25) is 0 Å². The van der Waals surface area contributed by atoms with Crippen molar-refractivity contribution in [2.45, 2.75) is 13.0 Å². The first-order valence-electron chi connectivity index (χ1n) is 2.26. The Morgan fingerprint density at radius 2 is 2.44 bits per heavy atom. The van der Waals surface area contributed by atoms with Crippen molar-refractivity contribution in [3.63, 3.8) is 0 Å². The summed E-state index contributed by atoms with van der Waals surface area (Å²) in [4.78, 5) is 9.86. The summed E-state index contributed by atoms with van der Waals surface area (Å²) >= 11 is -1.78. The van der Waals surface area contributed by atoms with Crippen LogP contribution in [0.15, 0.2) is 5.76 Å². The van der Waals surface area contributed by atoms with Gasteiger partial charge in [0.15, 0.2) is 5.94 Å². The van der Waals surface area contributed by atoms with Gasteiger partial charge in [0, 0.05) is 0 Å². The Morgan fingerprint density at radius 3 is 2.67 bits per heavy atom. The van der Waals surface area contributed by atoms with Gasteiger partial charge in [0.2, 0.25) is 5.76 Å². The van der Waals surface area contributed by atoms with E-state index in [0.29, 0.717) is 0 Å². The van der Waals surface area contributed by atoms with E-state index in [1.807, 2.05) is 0 Å². The van der Waals surface area contributed by atoms with Crippen LogP contribution >= 0.6 is 0 Å². The topological polar surface area (TPSA) is 52.6 Å². The van der Waals surface area contributed by atoms with E-state index >= 15 is 0 Å². The summed E-state index contributed by atoms with van der Waals surface area (Å²) in [5.74, 6) is 1.44. The van der Waals surface area contributed by atoms with Gasteiger partial charge in [-0.2, -0.15) is 4.21 Å². The van der Waals surface area contributed by atoms with Gasteiger partial charge in [-0.3, -0.25) is 0 Å². The lowest BCUT2D eigenvalue weighted by atomic mass is 10.4. The number of rotatable bonds is 0. The summed E-state index contributed by atoms with van der Waals surface area (Å²) in [5.41, 5.74) is 0. The monoisotopic (exact) mass is 148 g/mol. The van der Waals surface area contributed by atoms with Crippen LogP contribution in [0.3, 0.4) is 0 Å². The first-order chi connectivity index (χ1) is 4.24. The molecule has 2 atom stereocenters. The second-order valence-electron chi connectivity index (χ2n) is 1.49. The van der Waals surface area contributed by atoms with E-state index in [0.717, 1.165) is 0 Å². The summed E-state index contributed by atoms with van der Waals surface area (Å²) in [6, 6.07) is 0. The molecule has 1 aliphatic heterocycles. The van der Waals surface area contributed by atoms with Crippen molar-refractivity contribution in [2.24, 2.45) is 0 Å². The maximum atomic E-state index is 10.3. The van der Waals surface area contributed by atoms with E-state index < -0.39 is 17.5 Å². The average molecular weight is 148 g/mol. The molecule has 4 nitrogen and oxygen atoms in total. The molecule has 0 aromatic rings. The molecule has 0 saturated carbocycles. The molecule has 0 aliphatic carbocycles. The maximum Gasteiger partial charge on any atom is 0.361 e. The SMILES string of the molecule is CC1OS(=O)OC1=C=O. The third-order valence-electron chi connectivity index (χ3n) is 0.851. The molecule has 0 aromatic heterocycles. The maximum absolute atomic E-state index is 10.3. The molecule has 2 unspecified atom stereocenters. The van der Waals surface area contributed by atoms with Crippen LogP contribution in [0.1, 0.15) is 6.92 Å². The van der Waals surface area contributed by atoms with Crippen LogP contribution in [0.4, 0.5) is 0 Å². The van der Waals surface area contributed by atoms with Crippen molar-refractivity contribution >= 4 is 17.3 Å². The zero-order chi connectivity index (χ0) is 6.85. The molecule has 1 heterocycles.